The summed E-state index contributed by atoms with van der Waals surface area (Å²) in [5.41, 5.74) is 0.819. The van der Waals surface area contributed by atoms with E-state index < -0.39 is 12.2 Å². The number of unbranched alkanes of at least 4 members (excludes halogenated alkanes) is 14. The largest absolute Gasteiger partial charge is 0.455 e. The molecular weight excluding hydrogens is 516 g/mol. The summed E-state index contributed by atoms with van der Waals surface area (Å²) in [5, 5.41) is 31.5. The molecule has 0 aromatic rings. The van der Waals surface area contributed by atoms with Crippen LogP contribution in [0.2, 0.25) is 0 Å². The zero-order chi connectivity index (χ0) is 29.7. The van der Waals surface area contributed by atoms with Gasteiger partial charge in [0.25, 0.3) is 0 Å². The van der Waals surface area contributed by atoms with E-state index >= 15 is 0 Å². The third-order valence-corrected chi connectivity index (χ3v) is 9.06. The number of esters is 1. The molecule has 6 nitrogen and oxygen atoms in total. The van der Waals surface area contributed by atoms with Gasteiger partial charge in [-0.15, -0.1) is 0 Å². The van der Waals surface area contributed by atoms with Crippen molar-refractivity contribution in [2.75, 3.05) is 0 Å². The Kier molecular flexibility index (Phi) is 20.0. The number of aliphatic hydroxyl groups is 3. The lowest BCUT2D eigenvalue weighted by Crippen LogP contribution is -2.31. The van der Waals surface area contributed by atoms with Gasteiger partial charge in [-0.3, -0.25) is 0 Å². The second-order valence-corrected chi connectivity index (χ2v) is 12.9. The molecule has 2 aliphatic rings. The highest BCUT2D eigenvalue weighted by atomic mass is 16.5. The molecule has 1 fully saturated rings. The van der Waals surface area contributed by atoms with Crippen molar-refractivity contribution in [3.05, 3.63) is 11.6 Å². The summed E-state index contributed by atoms with van der Waals surface area (Å²) in [7, 11) is 0. The van der Waals surface area contributed by atoms with E-state index in [-0.39, 0.29) is 30.4 Å². The number of cyclic esters (lactones) is 1. The Morgan fingerprint density at radius 2 is 1.12 bits per heavy atom. The molecule has 3 N–H and O–H groups in total. The number of rotatable bonds is 26. The number of carbonyl (C=O) groups excluding carboxylic acids is 1. The zero-order valence-electron chi connectivity index (χ0n) is 26.6. The summed E-state index contributed by atoms with van der Waals surface area (Å²) in [6.07, 6.45) is 26.2. The molecule has 0 aromatic carbocycles. The lowest BCUT2D eigenvalue weighted by atomic mass is 9.99. The van der Waals surface area contributed by atoms with Crippen LogP contribution in [0.4, 0.5) is 0 Å². The second kappa shape index (κ2) is 22.6. The molecule has 2 aliphatic heterocycles. The van der Waals surface area contributed by atoms with Crippen molar-refractivity contribution >= 4 is 5.97 Å². The summed E-state index contributed by atoms with van der Waals surface area (Å²) in [6, 6.07) is 0. The van der Waals surface area contributed by atoms with Gasteiger partial charge in [0.1, 0.15) is 6.10 Å². The first-order valence-corrected chi connectivity index (χ1v) is 17.5. The minimum Gasteiger partial charge on any atom is -0.455 e. The molecule has 2 rings (SSSR count). The Bertz CT molecular complexity index is 694. The first-order valence-electron chi connectivity index (χ1n) is 17.5. The van der Waals surface area contributed by atoms with E-state index in [0.717, 1.165) is 102 Å². The highest BCUT2D eigenvalue weighted by Crippen LogP contribution is 2.28. The van der Waals surface area contributed by atoms with Crippen LogP contribution in [0.5, 0.6) is 0 Å². The fourth-order valence-electron chi connectivity index (χ4n) is 6.39. The van der Waals surface area contributed by atoms with Gasteiger partial charge in [-0.2, -0.15) is 0 Å². The van der Waals surface area contributed by atoms with E-state index in [0.29, 0.717) is 0 Å². The van der Waals surface area contributed by atoms with Crippen LogP contribution in [-0.2, 0) is 14.3 Å². The smallest absolute Gasteiger partial charge is 0.334 e. The molecule has 0 unspecified atom stereocenters. The maximum absolute atomic E-state index is 11.6. The molecule has 6 atom stereocenters. The Morgan fingerprint density at radius 1 is 0.683 bits per heavy atom. The molecule has 0 saturated carbocycles. The van der Waals surface area contributed by atoms with Crippen LogP contribution in [0.25, 0.3) is 0 Å². The number of hydrogen-bond donors (Lipinski definition) is 3. The average molecular weight is 581 g/mol. The van der Waals surface area contributed by atoms with Gasteiger partial charge >= 0.3 is 5.97 Å². The third-order valence-electron chi connectivity index (χ3n) is 9.06. The van der Waals surface area contributed by atoms with Crippen molar-refractivity contribution in [3.8, 4) is 0 Å². The molecule has 0 bridgehead atoms. The van der Waals surface area contributed by atoms with Crippen molar-refractivity contribution in [2.24, 2.45) is 0 Å². The van der Waals surface area contributed by atoms with E-state index in [2.05, 4.69) is 6.92 Å². The maximum Gasteiger partial charge on any atom is 0.334 e. The Hall–Kier alpha value is -0.950. The van der Waals surface area contributed by atoms with Gasteiger partial charge in [0.2, 0.25) is 0 Å². The Balaban J connectivity index is 1.39. The van der Waals surface area contributed by atoms with Crippen LogP contribution in [0.1, 0.15) is 168 Å². The minimum absolute atomic E-state index is 0.0812. The first-order chi connectivity index (χ1) is 19.9. The lowest BCUT2D eigenvalue weighted by Gasteiger charge is -2.22. The van der Waals surface area contributed by atoms with Gasteiger partial charge in [-0.25, -0.2) is 4.79 Å². The van der Waals surface area contributed by atoms with Gasteiger partial charge in [-0.1, -0.05) is 110 Å². The van der Waals surface area contributed by atoms with E-state index in [1.54, 1.807) is 0 Å². The third kappa shape index (κ3) is 16.5. The molecule has 41 heavy (non-hydrogen) atoms. The molecule has 0 amide bonds. The van der Waals surface area contributed by atoms with Crippen LogP contribution < -0.4 is 0 Å². The second-order valence-electron chi connectivity index (χ2n) is 12.9. The van der Waals surface area contributed by atoms with Gasteiger partial charge in [0.15, 0.2) is 0 Å². The highest BCUT2D eigenvalue weighted by molar-refractivity contribution is 5.90. The number of aliphatic hydroxyl groups excluding tert-OH is 3. The molecule has 2 heterocycles. The van der Waals surface area contributed by atoms with Crippen molar-refractivity contribution in [1.29, 1.82) is 0 Å². The number of hydrogen-bond acceptors (Lipinski definition) is 6. The summed E-state index contributed by atoms with van der Waals surface area (Å²) < 4.78 is 11.2. The summed E-state index contributed by atoms with van der Waals surface area (Å²) >= 11 is 0. The first kappa shape index (κ1) is 36.2. The molecule has 240 valence electrons. The predicted molar refractivity (Wildman–Crippen MR) is 167 cm³/mol. The summed E-state index contributed by atoms with van der Waals surface area (Å²) in [4.78, 5) is 11.6. The Morgan fingerprint density at radius 3 is 1.61 bits per heavy atom. The van der Waals surface area contributed by atoms with E-state index in [4.69, 9.17) is 9.47 Å². The molecule has 0 aliphatic carbocycles. The van der Waals surface area contributed by atoms with E-state index in [1.807, 2.05) is 13.0 Å². The normalized spacial score (nSPS) is 23.0. The van der Waals surface area contributed by atoms with E-state index in [1.165, 1.54) is 57.8 Å². The average Bonchev–Trinajstić information content (AvgIpc) is 3.57. The molecule has 1 saturated heterocycles. The summed E-state index contributed by atoms with van der Waals surface area (Å²) in [6.45, 7) is 4.15. The van der Waals surface area contributed by atoms with Gasteiger partial charge in [-0.05, 0) is 64.4 Å². The SMILES string of the molecule is CCCCCCCCCCCC[C@@H](O)[C@H]1CC[C@H]([C@H](O)CCCCC[C@H](O)CCCCCCC2=C[C@H](C)OC2=O)O1. The maximum atomic E-state index is 11.6. The fourth-order valence-corrected chi connectivity index (χ4v) is 6.39. The molecule has 6 heteroatoms. The van der Waals surface area contributed by atoms with Gasteiger partial charge in [0.05, 0.1) is 30.5 Å². The standard InChI is InChI=1S/C35H64O6/c1-3-4-5-6-7-8-9-10-11-18-23-31(37)33-25-26-34(41-33)32(38)24-19-14-17-22-30(36)21-16-13-12-15-20-29-27-28(2)40-35(29)39/h27-28,30-34,36-38H,3-26H2,1-2H3/t28-,30+,31+,32+,33+,34+/m0/s1. The quantitative estimate of drug-likeness (QED) is 0.0707. The van der Waals surface area contributed by atoms with Crippen molar-refractivity contribution < 1.29 is 29.6 Å². The van der Waals surface area contributed by atoms with E-state index in [9.17, 15) is 20.1 Å². The fraction of sp³-hybridized carbons (Fsp3) is 0.914. The van der Waals surface area contributed by atoms with Crippen LogP contribution in [0.3, 0.4) is 0 Å². The van der Waals surface area contributed by atoms with Gasteiger partial charge < -0.3 is 24.8 Å². The number of carbonyl (C=O) groups is 1. The van der Waals surface area contributed by atoms with Crippen LogP contribution in [0, 0.1) is 0 Å². The Labute approximate surface area is 251 Å². The highest BCUT2D eigenvalue weighted by Gasteiger charge is 2.34. The van der Waals surface area contributed by atoms with Crippen LogP contribution in [0.15, 0.2) is 11.6 Å². The van der Waals surface area contributed by atoms with Crippen LogP contribution >= 0.6 is 0 Å². The lowest BCUT2D eigenvalue weighted by molar-refractivity contribution is -0.139. The number of ether oxygens (including phenoxy) is 2. The van der Waals surface area contributed by atoms with Crippen molar-refractivity contribution in [1.82, 2.24) is 0 Å². The van der Waals surface area contributed by atoms with Crippen LogP contribution in [-0.4, -0.2) is 57.9 Å². The molecule has 0 radical (unpaired) electrons. The molecule has 0 spiro atoms. The minimum atomic E-state index is -0.459. The zero-order valence-corrected chi connectivity index (χ0v) is 26.6. The summed E-state index contributed by atoms with van der Waals surface area (Å²) in [5.74, 6) is -0.158. The van der Waals surface area contributed by atoms with Crippen molar-refractivity contribution in [2.45, 2.75) is 205 Å². The van der Waals surface area contributed by atoms with Crippen molar-refractivity contribution in [3.63, 3.8) is 0 Å². The molecule has 0 aromatic heterocycles. The topological polar surface area (TPSA) is 96.2 Å². The predicted octanol–water partition coefficient (Wildman–Crippen LogP) is 8.09. The molecular formula is C35H64O6. The van der Waals surface area contributed by atoms with Gasteiger partial charge in [0, 0.05) is 5.57 Å². The monoisotopic (exact) mass is 580 g/mol.